The van der Waals surface area contributed by atoms with Crippen molar-refractivity contribution in [1.29, 1.82) is 0 Å². The fourth-order valence-corrected chi connectivity index (χ4v) is 3.62. The largest absolute Gasteiger partial charge is 0.366 e. The van der Waals surface area contributed by atoms with Crippen molar-refractivity contribution in [3.05, 3.63) is 34.4 Å². The topological polar surface area (TPSA) is 49.6 Å². The van der Waals surface area contributed by atoms with Crippen LogP contribution in [0.3, 0.4) is 0 Å². The number of piperazine rings is 1. The molecular formula is C15H21N3O2. The summed E-state index contributed by atoms with van der Waals surface area (Å²) < 4.78 is 0. The van der Waals surface area contributed by atoms with E-state index in [-0.39, 0.29) is 10.6 Å². The van der Waals surface area contributed by atoms with Crippen LogP contribution >= 0.6 is 0 Å². The fourth-order valence-electron chi connectivity index (χ4n) is 3.62. The maximum atomic E-state index is 10.7. The first kappa shape index (κ1) is 13.4. The Labute approximate surface area is 119 Å². The molecule has 0 radical (unpaired) electrons. The van der Waals surface area contributed by atoms with Crippen molar-refractivity contribution in [2.75, 3.05) is 24.5 Å². The summed E-state index contributed by atoms with van der Waals surface area (Å²) in [6.45, 7) is 5.62. The van der Waals surface area contributed by atoms with Crippen LogP contribution in [0.25, 0.3) is 0 Å². The van der Waals surface area contributed by atoms with E-state index < -0.39 is 0 Å². The van der Waals surface area contributed by atoms with E-state index in [1.54, 1.807) is 12.1 Å². The lowest BCUT2D eigenvalue weighted by molar-refractivity contribution is -0.384. The molecule has 0 saturated carbocycles. The van der Waals surface area contributed by atoms with Crippen LogP contribution in [0.4, 0.5) is 11.4 Å². The van der Waals surface area contributed by atoms with E-state index in [1.165, 1.54) is 25.8 Å². The zero-order valence-corrected chi connectivity index (χ0v) is 11.9. The molecule has 2 aliphatic heterocycles. The highest BCUT2D eigenvalue weighted by atomic mass is 16.6. The van der Waals surface area contributed by atoms with Crippen LogP contribution in [0, 0.1) is 10.1 Å². The SMILES string of the molecule is CC1C2CCCCN2CCN1c1ccc([N+](=O)[O-])cc1. The van der Waals surface area contributed by atoms with Crippen LogP contribution in [-0.2, 0) is 0 Å². The van der Waals surface area contributed by atoms with Crippen LogP contribution in [0.15, 0.2) is 24.3 Å². The first-order chi connectivity index (χ1) is 9.66. The van der Waals surface area contributed by atoms with Crippen molar-refractivity contribution >= 4 is 11.4 Å². The van der Waals surface area contributed by atoms with Gasteiger partial charge in [-0.1, -0.05) is 6.42 Å². The standard InChI is InChI=1S/C15H21N3O2/c1-12-15-4-2-3-9-16(15)10-11-17(12)13-5-7-14(8-6-13)18(19)20/h5-8,12,15H,2-4,9-11H2,1H3. The van der Waals surface area contributed by atoms with Gasteiger partial charge in [0.15, 0.2) is 0 Å². The van der Waals surface area contributed by atoms with Gasteiger partial charge in [-0.15, -0.1) is 0 Å². The Balaban J connectivity index is 1.78. The minimum Gasteiger partial charge on any atom is -0.366 e. The molecule has 3 rings (SSSR count). The number of benzene rings is 1. The van der Waals surface area contributed by atoms with E-state index in [4.69, 9.17) is 0 Å². The van der Waals surface area contributed by atoms with Crippen LogP contribution < -0.4 is 4.90 Å². The minimum absolute atomic E-state index is 0.165. The average Bonchev–Trinajstić information content (AvgIpc) is 2.48. The van der Waals surface area contributed by atoms with Gasteiger partial charge in [0, 0.05) is 43.0 Å². The highest BCUT2D eigenvalue weighted by Crippen LogP contribution is 2.30. The summed E-state index contributed by atoms with van der Waals surface area (Å²) in [5, 5.41) is 10.7. The number of anilines is 1. The van der Waals surface area contributed by atoms with Crippen molar-refractivity contribution in [2.24, 2.45) is 0 Å². The van der Waals surface area contributed by atoms with E-state index in [1.807, 2.05) is 12.1 Å². The molecule has 0 aliphatic carbocycles. The second-order valence-electron chi connectivity index (χ2n) is 5.81. The van der Waals surface area contributed by atoms with Gasteiger partial charge in [0.05, 0.1) is 4.92 Å². The molecule has 1 aromatic rings. The highest BCUT2D eigenvalue weighted by molar-refractivity contribution is 5.52. The third-order valence-corrected chi connectivity index (χ3v) is 4.73. The van der Waals surface area contributed by atoms with Gasteiger partial charge in [0.1, 0.15) is 0 Å². The Kier molecular flexibility index (Phi) is 3.61. The van der Waals surface area contributed by atoms with Crippen molar-refractivity contribution in [2.45, 2.75) is 38.3 Å². The smallest absolute Gasteiger partial charge is 0.269 e. The molecule has 0 amide bonds. The summed E-state index contributed by atoms with van der Waals surface area (Å²) in [7, 11) is 0. The van der Waals surface area contributed by atoms with Crippen molar-refractivity contribution in [3.8, 4) is 0 Å². The normalized spacial score (nSPS) is 27.1. The molecule has 2 heterocycles. The number of nitro benzene ring substituents is 1. The van der Waals surface area contributed by atoms with Gasteiger partial charge in [0.2, 0.25) is 0 Å². The van der Waals surface area contributed by atoms with Gasteiger partial charge in [-0.25, -0.2) is 0 Å². The average molecular weight is 275 g/mol. The zero-order valence-electron chi connectivity index (χ0n) is 11.9. The number of nitrogens with zero attached hydrogens (tertiary/aromatic N) is 3. The number of nitro groups is 1. The lowest BCUT2D eigenvalue weighted by Gasteiger charge is -2.49. The highest BCUT2D eigenvalue weighted by Gasteiger charge is 2.34. The Hall–Kier alpha value is -1.62. The van der Waals surface area contributed by atoms with E-state index in [0.29, 0.717) is 12.1 Å². The van der Waals surface area contributed by atoms with E-state index in [9.17, 15) is 10.1 Å². The monoisotopic (exact) mass is 275 g/mol. The molecule has 108 valence electrons. The molecule has 0 aromatic heterocycles. The van der Waals surface area contributed by atoms with Crippen LogP contribution in [-0.4, -0.2) is 41.5 Å². The third kappa shape index (κ3) is 2.38. The first-order valence-electron chi connectivity index (χ1n) is 7.42. The fraction of sp³-hybridized carbons (Fsp3) is 0.600. The summed E-state index contributed by atoms with van der Waals surface area (Å²) in [5.41, 5.74) is 1.27. The second kappa shape index (κ2) is 5.40. The molecule has 2 fully saturated rings. The summed E-state index contributed by atoms with van der Waals surface area (Å²) in [6.07, 6.45) is 3.91. The van der Waals surface area contributed by atoms with Gasteiger partial charge in [-0.2, -0.15) is 0 Å². The van der Waals surface area contributed by atoms with Gasteiger partial charge in [-0.3, -0.25) is 15.0 Å². The third-order valence-electron chi connectivity index (χ3n) is 4.73. The van der Waals surface area contributed by atoms with E-state index in [2.05, 4.69) is 16.7 Å². The maximum Gasteiger partial charge on any atom is 0.269 e. The number of fused-ring (bicyclic) bond motifs is 1. The molecule has 1 aromatic carbocycles. The van der Waals surface area contributed by atoms with Crippen molar-refractivity contribution in [3.63, 3.8) is 0 Å². The Bertz CT molecular complexity index is 488. The van der Waals surface area contributed by atoms with Crippen LogP contribution in [0.1, 0.15) is 26.2 Å². The number of rotatable bonds is 2. The molecule has 2 unspecified atom stereocenters. The Morgan fingerprint density at radius 2 is 1.90 bits per heavy atom. The molecule has 0 bridgehead atoms. The number of piperidine rings is 1. The Morgan fingerprint density at radius 3 is 2.60 bits per heavy atom. The number of non-ortho nitro benzene ring substituents is 1. The maximum absolute atomic E-state index is 10.7. The van der Waals surface area contributed by atoms with Gasteiger partial charge in [0.25, 0.3) is 5.69 Å². The summed E-state index contributed by atoms with van der Waals surface area (Å²) in [6, 6.07) is 8.09. The van der Waals surface area contributed by atoms with Crippen LogP contribution in [0.5, 0.6) is 0 Å². The lowest BCUT2D eigenvalue weighted by atomic mass is 9.93. The van der Waals surface area contributed by atoms with Crippen LogP contribution in [0.2, 0.25) is 0 Å². The molecule has 5 heteroatoms. The summed E-state index contributed by atoms with van der Waals surface area (Å²) in [4.78, 5) is 15.4. The zero-order chi connectivity index (χ0) is 14.1. The van der Waals surface area contributed by atoms with Gasteiger partial charge < -0.3 is 4.90 Å². The summed E-state index contributed by atoms with van der Waals surface area (Å²) >= 11 is 0. The molecule has 5 nitrogen and oxygen atoms in total. The lowest BCUT2D eigenvalue weighted by Crippen LogP contribution is -2.60. The number of hydrogen-bond acceptors (Lipinski definition) is 4. The summed E-state index contributed by atoms with van der Waals surface area (Å²) in [5.74, 6) is 0. The predicted molar refractivity (Wildman–Crippen MR) is 79.1 cm³/mol. The molecule has 2 atom stereocenters. The molecule has 2 aliphatic rings. The molecule has 20 heavy (non-hydrogen) atoms. The van der Waals surface area contributed by atoms with E-state index >= 15 is 0 Å². The molecule has 0 N–H and O–H groups in total. The number of hydrogen-bond donors (Lipinski definition) is 0. The molecule has 2 saturated heterocycles. The second-order valence-corrected chi connectivity index (χ2v) is 5.81. The van der Waals surface area contributed by atoms with Crippen molar-refractivity contribution < 1.29 is 4.92 Å². The molecular weight excluding hydrogens is 254 g/mol. The van der Waals surface area contributed by atoms with Gasteiger partial charge in [-0.05, 0) is 38.4 Å². The first-order valence-corrected chi connectivity index (χ1v) is 7.42. The minimum atomic E-state index is -0.341. The molecule has 0 spiro atoms. The van der Waals surface area contributed by atoms with Crippen molar-refractivity contribution in [1.82, 2.24) is 4.90 Å². The van der Waals surface area contributed by atoms with Gasteiger partial charge >= 0.3 is 0 Å². The Morgan fingerprint density at radius 1 is 1.15 bits per heavy atom. The van der Waals surface area contributed by atoms with E-state index in [0.717, 1.165) is 18.8 Å². The quantitative estimate of drug-likeness (QED) is 0.615. The predicted octanol–water partition coefficient (Wildman–Crippen LogP) is 2.66.